The number of rotatable bonds is 5. The summed E-state index contributed by atoms with van der Waals surface area (Å²) in [7, 11) is 1.72. The monoisotopic (exact) mass is 256 g/mol. The van der Waals surface area contributed by atoms with E-state index in [0.717, 1.165) is 32.3 Å². The highest BCUT2D eigenvalue weighted by Gasteiger charge is 2.08. The van der Waals surface area contributed by atoms with Crippen molar-refractivity contribution in [2.24, 2.45) is 0 Å². The molecule has 2 heteroatoms. The summed E-state index contributed by atoms with van der Waals surface area (Å²) in [5.74, 6) is 0. The molecule has 18 heavy (non-hydrogen) atoms. The summed E-state index contributed by atoms with van der Waals surface area (Å²) in [5, 5.41) is 9.52. The van der Waals surface area contributed by atoms with Gasteiger partial charge in [-0.2, -0.15) is 0 Å². The van der Waals surface area contributed by atoms with E-state index in [1.807, 2.05) is 34.6 Å². The maximum Gasteiger partial charge on any atom is 0.0676 e. The van der Waals surface area contributed by atoms with Crippen LogP contribution in [0.15, 0.2) is 23.3 Å². The third-order valence-electron chi connectivity index (χ3n) is 2.53. The first kappa shape index (κ1) is 19.7. The molecule has 1 aliphatic rings. The number of aliphatic hydroxyl groups excluding tert-OH is 1. The maximum atomic E-state index is 9.52. The van der Waals surface area contributed by atoms with Gasteiger partial charge in [-0.15, -0.1) is 0 Å². The molecule has 1 aliphatic carbocycles. The van der Waals surface area contributed by atoms with Crippen LogP contribution in [0.1, 0.15) is 60.3 Å². The van der Waals surface area contributed by atoms with Crippen LogP contribution in [0.3, 0.4) is 0 Å². The molecule has 0 radical (unpaired) electrons. The van der Waals surface area contributed by atoms with Gasteiger partial charge in [-0.05, 0) is 36.8 Å². The number of ether oxygens (including phenoxy) is 1. The van der Waals surface area contributed by atoms with E-state index in [4.69, 9.17) is 4.74 Å². The fourth-order valence-electron chi connectivity index (χ4n) is 1.69. The molecular formula is C16H32O2. The van der Waals surface area contributed by atoms with Crippen molar-refractivity contribution in [2.45, 2.75) is 66.4 Å². The highest BCUT2D eigenvalue weighted by atomic mass is 16.5. The van der Waals surface area contributed by atoms with Crippen molar-refractivity contribution in [1.29, 1.82) is 0 Å². The topological polar surface area (TPSA) is 29.5 Å². The van der Waals surface area contributed by atoms with Crippen LogP contribution in [-0.4, -0.2) is 24.9 Å². The summed E-state index contributed by atoms with van der Waals surface area (Å²) in [6, 6.07) is 0. The van der Waals surface area contributed by atoms with Crippen LogP contribution in [0.4, 0.5) is 0 Å². The van der Waals surface area contributed by atoms with E-state index in [0.29, 0.717) is 0 Å². The minimum absolute atomic E-state index is 0.195. The van der Waals surface area contributed by atoms with E-state index in [-0.39, 0.29) is 6.10 Å². The van der Waals surface area contributed by atoms with Gasteiger partial charge >= 0.3 is 0 Å². The highest BCUT2D eigenvalue weighted by molar-refractivity contribution is 5.28. The molecule has 0 aromatic rings. The Morgan fingerprint density at radius 3 is 2.39 bits per heavy atom. The van der Waals surface area contributed by atoms with Gasteiger partial charge in [0.05, 0.1) is 12.7 Å². The first-order valence-corrected chi connectivity index (χ1v) is 7.31. The normalized spacial score (nSPS) is 15.3. The maximum absolute atomic E-state index is 9.52. The Hall–Kier alpha value is -0.600. The summed E-state index contributed by atoms with van der Waals surface area (Å²) in [6.45, 7) is 10.7. The first-order chi connectivity index (χ1) is 8.76. The van der Waals surface area contributed by atoms with Crippen molar-refractivity contribution < 1.29 is 9.84 Å². The molecule has 1 unspecified atom stereocenters. The lowest BCUT2D eigenvalue weighted by Crippen LogP contribution is -2.07. The first-order valence-electron chi connectivity index (χ1n) is 7.31. The summed E-state index contributed by atoms with van der Waals surface area (Å²) < 4.78 is 5.10. The molecule has 108 valence electrons. The second-order valence-electron chi connectivity index (χ2n) is 3.82. The van der Waals surface area contributed by atoms with Crippen LogP contribution in [0.25, 0.3) is 0 Å². The Balaban J connectivity index is 0. The molecule has 1 N–H and O–H groups in total. The lowest BCUT2D eigenvalue weighted by atomic mass is 9.95. The third-order valence-corrected chi connectivity index (χ3v) is 2.53. The molecule has 0 heterocycles. The molecule has 0 bridgehead atoms. The average molecular weight is 256 g/mol. The molecule has 0 spiro atoms. The van der Waals surface area contributed by atoms with Gasteiger partial charge in [0.1, 0.15) is 0 Å². The molecule has 0 saturated carbocycles. The minimum Gasteiger partial charge on any atom is -0.393 e. The zero-order valence-corrected chi connectivity index (χ0v) is 13.1. The minimum atomic E-state index is -0.195. The number of allylic oxidation sites excluding steroid dienone is 2. The molecule has 0 amide bonds. The Bertz CT molecular complexity index is 229. The molecule has 0 aromatic carbocycles. The van der Waals surface area contributed by atoms with E-state index in [1.165, 1.54) is 11.1 Å². The molecule has 0 aromatic heterocycles. The average Bonchev–Trinajstić information content (AvgIpc) is 2.44. The van der Waals surface area contributed by atoms with Gasteiger partial charge in [-0.3, -0.25) is 0 Å². The summed E-state index contributed by atoms with van der Waals surface area (Å²) in [5.41, 5.74) is 2.60. The number of aliphatic hydroxyl groups is 1. The number of hydrogen-bond donors (Lipinski definition) is 1. The van der Waals surface area contributed by atoms with Crippen molar-refractivity contribution in [1.82, 2.24) is 0 Å². The molecule has 1 atom stereocenters. The van der Waals surface area contributed by atoms with Crippen molar-refractivity contribution in [3.63, 3.8) is 0 Å². The fourth-order valence-corrected chi connectivity index (χ4v) is 1.69. The smallest absolute Gasteiger partial charge is 0.0676 e. The van der Waals surface area contributed by atoms with Crippen molar-refractivity contribution in [3.05, 3.63) is 23.3 Å². The van der Waals surface area contributed by atoms with Crippen LogP contribution in [0.2, 0.25) is 0 Å². The Morgan fingerprint density at radius 1 is 1.28 bits per heavy atom. The zero-order valence-electron chi connectivity index (χ0n) is 13.1. The lowest BCUT2D eigenvalue weighted by molar-refractivity contribution is 0.171. The van der Waals surface area contributed by atoms with Gasteiger partial charge in [0.25, 0.3) is 0 Å². The quantitative estimate of drug-likeness (QED) is 0.785. The largest absolute Gasteiger partial charge is 0.393 e. The van der Waals surface area contributed by atoms with Crippen molar-refractivity contribution in [2.75, 3.05) is 13.7 Å². The summed E-state index contributed by atoms with van der Waals surface area (Å²) >= 11 is 0. The predicted octanol–water partition coefficient (Wildman–Crippen LogP) is 4.49. The summed E-state index contributed by atoms with van der Waals surface area (Å²) in [4.78, 5) is 0. The van der Waals surface area contributed by atoms with Crippen LogP contribution in [-0.2, 0) is 4.74 Å². The van der Waals surface area contributed by atoms with Crippen LogP contribution in [0, 0.1) is 0 Å². The van der Waals surface area contributed by atoms with Crippen LogP contribution in [0.5, 0.6) is 0 Å². The predicted molar refractivity (Wildman–Crippen MR) is 80.9 cm³/mol. The van der Waals surface area contributed by atoms with Crippen LogP contribution < -0.4 is 0 Å². The summed E-state index contributed by atoms with van der Waals surface area (Å²) in [6.07, 6.45) is 7.98. The van der Waals surface area contributed by atoms with Gasteiger partial charge in [-0.1, -0.05) is 46.8 Å². The molecular weight excluding hydrogens is 224 g/mol. The van der Waals surface area contributed by atoms with Crippen molar-refractivity contribution in [3.8, 4) is 0 Å². The van der Waals surface area contributed by atoms with Gasteiger partial charge < -0.3 is 9.84 Å². The van der Waals surface area contributed by atoms with Crippen LogP contribution >= 0.6 is 0 Å². The Kier molecular flexibility index (Phi) is 15.9. The second kappa shape index (κ2) is 14.5. The van der Waals surface area contributed by atoms with Gasteiger partial charge in [0, 0.05) is 7.11 Å². The lowest BCUT2D eigenvalue weighted by Gasteiger charge is -2.15. The Labute approximate surface area is 114 Å². The van der Waals surface area contributed by atoms with Gasteiger partial charge in [-0.25, -0.2) is 0 Å². The SMILES string of the molecule is CC.CC.CCC(O)CC1=CCCC(COC)=C1. The molecule has 1 rings (SSSR count). The number of methoxy groups -OCH3 is 1. The van der Waals surface area contributed by atoms with E-state index in [9.17, 15) is 5.11 Å². The van der Waals surface area contributed by atoms with E-state index >= 15 is 0 Å². The number of hydrogen-bond acceptors (Lipinski definition) is 2. The molecule has 0 fully saturated rings. The van der Waals surface area contributed by atoms with E-state index in [2.05, 4.69) is 12.2 Å². The molecule has 2 nitrogen and oxygen atoms in total. The Morgan fingerprint density at radius 2 is 1.89 bits per heavy atom. The van der Waals surface area contributed by atoms with Gasteiger partial charge in [0.15, 0.2) is 0 Å². The molecule has 0 saturated heterocycles. The van der Waals surface area contributed by atoms with Crippen molar-refractivity contribution >= 4 is 0 Å². The highest BCUT2D eigenvalue weighted by Crippen LogP contribution is 2.21. The second-order valence-corrected chi connectivity index (χ2v) is 3.82. The van der Waals surface area contributed by atoms with E-state index < -0.39 is 0 Å². The zero-order chi connectivity index (χ0) is 14.4. The molecule has 0 aliphatic heterocycles. The standard InChI is InChI=1S/C12H20O2.2C2H6/c1-3-12(13)8-10-5-4-6-11(7-10)9-14-2;2*1-2/h5,7,12-13H,3-4,6,8-9H2,1-2H3;2*1-2H3. The van der Waals surface area contributed by atoms with Gasteiger partial charge in [0.2, 0.25) is 0 Å². The van der Waals surface area contributed by atoms with E-state index in [1.54, 1.807) is 7.11 Å². The third kappa shape index (κ3) is 9.43. The fraction of sp³-hybridized carbons (Fsp3) is 0.750.